The zero-order valence-corrected chi connectivity index (χ0v) is 12.6. The fourth-order valence-electron chi connectivity index (χ4n) is 3.30. The van der Waals surface area contributed by atoms with E-state index in [2.05, 4.69) is 0 Å². The molecule has 0 spiro atoms. The van der Waals surface area contributed by atoms with Crippen molar-refractivity contribution >= 4 is 27.8 Å². The van der Waals surface area contributed by atoms with Gasteiger partial charge in [0.25, 0.3) is 0 Å². The van der Waals surface area contributed by atoms with Crippen molar-refractivity contribution in [1.82, 2.24) is 4.98 Å². The van der Waals surface area contributed by atoms with Crippen LogP contribution in [0.1, 0.15) is 28.1 Å². The minimum atomic E-state index is 0.384. The van der Waals surface area contributed by atoms with Crippen molar-refractivity contribution in [3.63, 3.8) is 0 Å². The maximum atomic E-state index is 11.1. The van der Waals surface area contributed by atoms with Gasteiger partial charge >= 0.3 is 0 Å². The summed E-state index contributed by atoms with van der Waals surface area (Å²) in [6.07, 6.45) is 6.49. The third kappa shape index (κ3) is 1.86. The lowest BCUT2D eigenvalue weighted by Crippen LogP contribution is -1.99. The number of pyridine rings is 1. The highest BCUT2D eigenvalue weighted by Gasteiger charge is 2.25. The lowest BCUT2D eigenvalue weighted by molar-refractivity contribution is -0.107. The number of carbonyl (C=O) groups excluding carboxylic acids is 1. The predicted octanol–water partition coefficient (Wildman–Crippen LogP) is 4.09. The van der Waals surface area contributed by atoms with Crippen LogP contribution in [0.3, 0.4) is 0 Å². The zero-order chi connectivity index (χ0) is 14.4. The van der Waals surface area contributed by atoms with Crippen molar-refractivity contribution in [2.45, 2.75) is 32.6 Å². The Labute approximate surface area is 126 Å². The maximum absolute atomic E-state index is 11.1. The Morgan fingerprint density at radius 3 is 3.10 bits per heavy atom. The van der Waals surface area contributed by atoms with Gasteiger partial charge in [-0.2, -0.15) is 0 Å². The van der Waals surface area contributed by atoms with E-state index in [1.165, 1.54) is 22.2 Å². The van der Waals surface area contributed by atoms with Gasteiger partial charge in [-0.1, -0.05) is 0 Å². The summed E-state index contributed by atoms with van der Waals surface area (Å²) in [5, 5.41) is 1.21. The van der Waals surface area contributed by atoms with Crippen LogP contribution in [0.2, 0.25) is 0 Å². The van der Waals surface area contributed by atoms with Crippen LogP contribution in [-0.2, 0) is 24.1 Å². The summed E-state index contributed by atoms with van der Waals surface area (Å²) in [7, 11) is 0. The quantitative estimate of drug-likeness (QED) is 0.684. The molecule has 0 N–H and O–H groups in total. The minimum Gasteiger partial charge on any atom is -0.464 e. The molecule has 0 aliphatic heterocycles. The smallest absolute Gasteiger partial charge is 0.134 e. The molecule has 3 aromatic rings. The summed E-state index contributed by atoms with van der Waals surface area (Å²) in [4.78, 5) is 18.4. The Balaban J connectivity index is 2.13. The fourth-order valence-corrected chi connectivity index (χ4v) is 4.62. The molecule has 0 unspecified atom stereocenters. The first-order valence-corrected chi connectivity index (χ1v) is 8.02. The number of fused-ring (bicyclic) bond motifs is 3. The van der Waals surface area contributed by atoms with E-state index >= 15 is 0 Å². The molecule has 0 saturated carbocycles. The second-order valence-electron chi connectivity index (χ2n) is 5.44. The highest BCUT2D eigenvalue weighted by Crippen LogP contribution is 2.43. The fraction of sp³-hybridized carbons (Fsp3) is 0.294. The Kier molecular flexibility index (Phi) is 2.93. The van der Waals surface area contributed by atoms with E-state index in [4.69, 9.17) is 9.40 Å². The summed E-state index contributed by atoms with van der Waals surface area (Å²) in [5.41, 5.74) is 4.43. The van der Waals surface area contributed by atoms with Crippen LogP contribution in [0.4, 0.5) is 0 Å². The lowest BCUT2D eigenvalue weighted by atomic mass is 9.96. The van der Waals surface area contributed by atoms with Crippen molar-refractivity contribution in [3.05, 3.63) is 40.1 Å². The summed E-state index contributed by atoms with van der Waals surface area (Å²) >= 11 is 1.80. The number of rotatable bonds is 3. The molecule has 106 valence electrons. The predicted molar refractivity (Wildman–Crippen MR) is 83.9 cm³/mol. The van der Waals surface area contributed by atoms with Gasteiger partial charge in [-0.25, -0.2) is 4.98 Å². The molecule has 3 heterocycles. The number of carbonyl (C=O) groups is 1. The van der Waals surface area contributed by atoms with E-state index in [9.17, 15) is 4.79 Å². The van der Waals surface area contributed by atoms with Gasteiger partial charge in [0.1, 0.15) is 16.9 Å². The number of aryl methyl sites for hydroxylation is 3. The number of nitrogens with zero attached hydrogens (tertiary/aromatic N) is 1. The zero-order valence-electron chi connectivity index (χ0n) is 11.8. The second-order valence-corrected chi connectivity index (χ2v) is 6.52. The minimum absolute atomic E-state index is 0.384. The number of aromatic nitrogens is 1. The molecule has 0 saturated heterocycles. The molecule has 0 bridgehead atoms. The average molecular weight is 297 g/mol. The monoisotopic (exact) mass is 297 g/mol. The van der Waals surface area contributed by atoms with Gasteiger partial charge in [-0.15, -0.1) is 11.3 Å². The van der Waals surface area contributed by atoms with Crippen LogP contribution < -0.4 is 0 Å². The molecule has 1 aliphatic carbocycles. The molecule has 21 heavy (non-hydrogen) atoms. The van der Waals surface area contributed by atoms with Gasteiger partial charge in [0.05, 0.1) is 6.26 Å². The van der Waals surface area contributed by atoms with Gasteiger partial charge < -0.3 is 9.21 Å². The van der Waals surface area contributed by atoms with E-state index in [1.807, 2.05) is 19.1 Å². The maximum Gasteiger partial charge on any atom is 0.134 e. The normalized spacial score (nSPS) is 13.8. The number of thiophene rings is 1. The van der Waals surface area contributed by atoms with Crippen molar-refractivity contribution in [3.8, 4) is 11.3 Å². The van der Waals surface area contributed by atoms with Crippen LogP contribution in [0.5, 0.6) is 0 Å². The first-order valence-electron chi connectivity index (χ1n) is 7.21. The van der Waals surface area contributed by atoms with Crippen LogP contribution >= 0.6 is 11.3 Å². The molecule has 0 fully saturated rings. The molecule has 0 radical (unpaired) electrons. The topological polar surface area (TPSA) is 43.1 Å². The average Bonchev–Trinajstić information content (AvgIpc) is 3.15. The van der Waals surface area contributed by atoms with Crippen molar-refractivity contribution in [1.29, 1.82) is 0 Å². The molecular weight excluding hydrogens is 282 g/mol. The molecule has 4 rings (SSSR count). The van der Waals surface area contributed by atoms with Gasteiger partial charge in [-0.3, -0.25) is 0 Å². The molecule has 0 amide bonds. The highest BCUT2D eigenvalue weighted by molar-refractivity contribution is 7.19. The Bertz CT molecular complexity index is 830. The van der Waals surface area contributed by atoms with Gasteiger partial charge in [0, 0.05) is 27.9 Å². The van der Waals surface area contributed by atoms with E-state index in [0.717, 1.165) is 46.5 Å². The van der Waals surface area contributed by atoms with Gasteiger partial charge in [-0.05, 0) is 49.4 Å². The molecule has 0 atom stereocenters. The van der Waals surface area contributed by atoms with Crippen LogP contribution in [0, 0.1) is 6.92 Å². The van der Waals surface area contributed by atoms with E-state index in [-0.39, 0.29) is 0 Å². The van der Waals surface area contributed by atoms with E-state index in [1.54, 1.807) is 17.6 Å². The SMILES string of the molecule is Cc1nc2sc3c(c2c(-c2ccco2)c1CC=O)CCC3. The first-order chi connectivity index (χ1) is 10.3. The van der Waals surface area contributed by atoms with Crippen molar-refractivity contribution in [2.24, 2.45) is 0 Å². The largest absolute Gasteiger partial charge is 0.464 e. The van der Waals surface area contributed by atoms with Crippen LogP contribution in [0.25, 0.3) is 21.5 Å². The van der Waals surface area contributed by atoms with Crippen molar-refractivity contribution < 1.29 is 9.21 Å². The van der Waals surface area contributed by atoms with Gasteiger partial charge in [0.15, 0.2) is 0 Å². The van der Waals surface area contributed by atoms with Gasteiger partial charge in [0.2, 0.25) is 0 Å². The first kappa shape index (κ1) is 12.8. The Hall–Kier alpha value is -1.94. The summed E-state index contributed by atoms with van der Waals surface area (Å²) in [6.45, 7) is 1.98. The van der Waals surface area contributed by atoms with Crippen LogP contribution in [-0.4, -0.2) is 11.3 Å². The Morgan fingerprint density at radius 2 is 2.33 bits per heavy atom. The molecule has 0 aromatic carbocycles. The second kappa shape index (κ2) is 4.81. The Morgan fingerprint density at radius 1 is 1.43 bits per heavy atom. The summed E-state index contributed by atoms with van der Waals surface area (Å²) in [5.74, 6) is 0.842. The summed E-state index contributed by atoms with van der Waals surface area (Å²) in [6, 6.07) is 3.87. The third-order valence-corrected chi connectivity index (χ3v) is 5.40. The van der Waals surface area contributed by atoms with E-state index in [0.29, 0.717) is 6.42 Å². The molecule has 1 aliphatic rings. The summed E-state index contributed by atoms with van der Waals surface area (Å²) < 4.78 is 5.66. The highest BCUT2D eigenvalue weighted by atomic mass is 32.1. The lowest BCUT2D eigenvalue weighted by Gasteiger charge is -2.11. The molecule has 3 nitrogen and oxygen atoms in total. The number of hydrogen-bond acceptors (Lipinski definition) is 4. The molecule has 4 heteroatoms. The number of aldehydes is 1. The van der Waals surface area contributed by atoms with Crippen LogP contribution in [0.15, 0.2) is 22.8 Å². The molecular formula is C17H15NO2S. The third-order valence-electron chi connectivity index (χ3n) is 4.22. The standard InChI is InChI=1S/C17H15NO2S/c1-10-11(7-8-19)15(13-5-3-9-20-13)16-12-4-2-6-14(12)21-17(16)18-10/h3,5,8-9H,2,4,6-7H2,1H3. The number of hydrogen-bond donors (Lipinski definition) is 0. The number of furan rings is 1. The van der Waals surface area contributed by atoms with Crippen molar-refractivity contribution in [2.75, 3.05) is 0 Å². The molecule has 3 aromatic heterocycles. The van der Waals surface area contributed by atoms with E-state index < -0.39 is 0 Å².